The van der Waals surface area contributed by atoms with Crippen LogP contribution in [0.25, 0.3) is 0 Å². The fourth-order valence-corrected chi connectivity index (χ4v) is 4.22. The van der Waals surface area contributed by atoms with Crippen molar-refractivity contribution in [1.82, 2.24) is 10.6 Å². The molecule has 0 spiro atoms. The van der Waals surface area contributed by atoms with Gasteiger partial charge in [-0.2, -0.15) is 0 Å². The number of nitrogens with zero attached hydrogens (tertiary/aromatic N) is 1. The molecule has 2 N–H and O–H groups in total. The lowest BCUT2D eigenvalue weighted by atomic mass is 9.99. The quantitative estimate of drug-likeness (QED) is 0.838. The molecule has 4 rings (SSSR count). The molecule has 0 saturated carbocycles. The summed E-state index contributed by atoms with van der Waals surface area (Å²) in [6.45, 7) is 1.75. The molecule has 1 atom stereocenters. The maximum Gasteiger partial charge on any atom is 0.191 e. The average Bonchev–Trinajstić information content (AvgIpc) is 2.97. The van der Waals surface area contributed by atoms with E-state index in [2.05, 4.69) is 52.0 Å². The first-order chi connectivity index (χ1) is 10.8. The van der Waals surface area contributed by atoms with Crippen LogP contribution in [0.5, 0.6) is 0 Å². The molecular formula is C17H16ClN3S. The molecule has 0 aromatic heterocycles. The molecule has 2 aliphatic rings. The molecule has 22 heavy (non-hydrogen) atoms. The van der Waals surface area contributed by atoms with Crippen molar-refractivity contribution in [3.63, 3.8) is 0 Å². The van der Waals surface area contributed by atoms with Crippen molar-refractivity contribution < 1.29 is 0 Å². The van der Waals surface area contributed by atoms with Crippen LogP contribution in [0.1, 0.15) is 17.2 Å². The van der Waals surface area contributed by atoms with E-state index in [1.54, 1.807) is 0 Å². The van der Waals surface area contributed by atoms with Gasteiger partial charge in [0.1, 0.15) is 0 Å². The third-order valence-corrected chi connectivity index (χ3v) is 5.39. The predicted octanol–water partition coefficient (Wildman–Crippen LogP) is 3.64. The van der Waals surface area contributed by atoms with Gasteiger partial charge in [0.2, 0.25) is 0 Å². The Morgan fingerprint density at radius 2 is 2.09 bits per heavy atom. The number of nitrogens with one attached hydrogen (secondary N) is 2. The minimum Gasteiger partial charge on any atom is -0.355 e. The zero-order valence-corrected chi connectivity index (χ0v) is 13.5. The molecular weight excluding hydrogens is 314 g/mol. The van der Waals surface area contributed by atoms with Crippen molar-refractivity contribution in [1.29, 1.82) is 0 Å². The molecule has 0 aliphatic carbocycles. The second-order valence-electron chi connectivity index (χ2n) is 5.45. The van der Waals surface area contributed by atoms with Crippen molar-refractivity contribution >= 4 is 29.3 Å². The van der Waals surface area contributed by atoms with Gasteiger partial charge < -0.3 is 10.6 Å². The molecule has 1 unspecified atom stereocenters. The molecule has 0 radical (unpaired) electrons. The Balaban J connectivity index is 1.75. The van der Waals surface area contributed by atoms with Crippen LogP contribution in [0.15, 0.2) is 57.2 Å². The molecule has 112 valence electrons. The van der Waals surface area contributed by atoms with Gasteiger partial charge in [0.15, 0.2) is 5.96 Å². The van der Waals surface area contributed by atoms with Gasteiger partial charge in [-0.25, -0.2) is 0 Å². The van der Waals surface area contributed by atoms with Gasteiger partial charge in [0, 0.05) is 21.4 Å². The SMILES string of the molecule is Clc1ccc2c(c1)CC(NC1=NCCN1)c1ccccc1S2. The van der Waals surface area contributed by atoms with E-state index in [1.807, 2.05) is 17.8 Å². The highest BCUT2D eigenvalue weighted by atomic mass is 35.5. The second-order valence-corrected chi connectivity index (χ2v) is 6.97. The molecule has 0 amide bonds. The summed E-state index contributed by atoms with van der Waals surface area (Å²) in [5.41, 5.74) is 2.60. The highest BCUT2D eigenvalue weighted by molar-refractivity contribution is 7.99. The molecule has 0 saturated heterocycles. The first-order valence-corrected chi connectivity index (χ1v) is 8.59. The summed E-state index contributed by atoms with van der Waals surface area (Å²) in [4.78, 5) is 7.04. The average molecular weight is 330 g/mol. The number of rotatable bonds is 1. The van der Waals surface area contributed by atoms with E-state index >= 15 is 0 Å². The van der Waals surface area contributed by atoms with Crippen LogP contribution in [0, 0.1) is 0 Å². The molecule has 2 aromatic rings. The third-order valence-electron chi connectivity index (χ3n) is 3.95. The highest BCUT2D eigenvalue weighted by Crippen LogP contribution is 2.41. The Morgan fingerprint density at radius 1 is 1.18 bits per heavy atom. The van der Waals surface area contributed by atoms with Crippen LogP contribution in [0.2, 0.25) is 5.02 Å². The second kappa shape index (κ2) is 5.86. The minimum absolute atomic E-state index is 0.202. The van der Waals surface area contributed by atoms with Crippen LogP contribution < -0.4 is 10.6 Å². The predicted molar refractivity (Wildman–Crippen MR) is 91.9 cm³/mol. The van der Waals surface area contributed by atoms with E-state index in [0.717, 1.165) is 30.5 Å². The Morgan fingerprint density at radius 3 is 2.95 bits per heavy atom. The summed E-state index contributed by atoms with van der Waals surface area (Å²) in [7, 11) is 0. The van der Waals surface area contributed by atoms with E-state index < -0.39 is 0 Å². The Kier molecular flexibility index (Phi) is 3.72. The van der Waals surface area contributed by atoms with E-state index in [1.165, 1.54) is 20.9 Å². The summed E-state index contributed by atoms with van der Waals surface area (Å²) in [5.74, 6) is 0.898. The van der Waals surface area contributed by atoms with Gasteiger partial charge in [-0.15, -0.1) is 0 Å². The topological polar surface area (TPSA) is 36.4 Å². The summed E-state index contributed by atoms with van der Waals surface area (Å²) >= 11 is 8.01. The molecule has 0 bridgehead atoms. The van der Waals surface area contributed by atoms with E-state index in [4.69, 9.17) is 11.6 Å². The largest absolute Gasteiger partial charge is 0.355 e. The maximum absolute atomic E-state index is 6.19. The number of hydrogen-bond donors (Lipinski definition) is 2. The van der Waals surface area contributed by atoms with E-state index in [0.29, 0.717) is 0 Å². The first-order valence-electron chi connectivity index (χ1n) is 7.40. The molecule has 5 heteroatoms. The van der Waals surface area contributed by atoms with Crippen molar-refractivity contribution in [3.8, 4) is 0 Å². The lowest BCUT2D eigenvalue weighted by Crippen LogP contribution is -2.37. The zero-order valence-electron chi connectivity index (χ0n) is 12.0. The fraction of sp³-hybridized carbons (Fsp3) is 0.235. The lowest BCUT2D eigenvalue weighted by Gasteiger charge is -2.20. The number of halogens is 1. The van der Waals surface area contributed by atoms with Crippen LogP contribution in [-0.4, -0.2) is 19.0 Å². The number of hydrogen-bond acceptors (Lipinski definition) is 4. The van der Waals surface area contributed by atoms with E-state index in [9.17, 15) is 0 Å². The third kappa shape index (κ3) is 2.69. The number of fused-ring (bicyclic) bond motifs is 2. The number of guanidine groups is 1. The summed E-state index contributed by atoms with van der Waals surface area (Å²) in [6, 6.07) is 14.9. The van der Waals surface area contributed by atoms with Crippen LogP contribution in [-0.2, 0) is 6.42 Å². The van der Waals surface area contributed by atoms with Gasteiger partial charge in [-0.05, 0) is 41.8 Å². The van der Waals surface area contributed by atoms with Gasteiger partial charge in [-0.3, -0.25) is 4.99 Å². The van der Waals surface area contributed by atoms with Gasteiger partial charge in [0.25, 0.3) is 0 Å². The van der Waals surface area contributed by atoms with Crippen LogP contribution >= 0.6 is 23.4 Å². The van der Waals surface area contributed by atoms with Crippen molar-refractivity contribution in [3.05, 3.63) is 58.6 Å². The van der Waals surface area contributed by atoms with Gasteiger partial charge in [-0.1, -0.05) is 41.6 Å². The Bertz CT molecular complexity index is 744. The minimum atomic E-state index is 0.202. The van der Waals surface area contributed by atoms with Gasteiger partial charge in [0.05, 0.1) is 12.6 Å². The lowest BCUT2D eigenvalue weighted by molar-refractivity contribution is 0.622. The zero-order chi connectivity index (χ0) is 14.9. The number of aliphatic imine (C=N–C) groups is 1. The molecule has 2 aliphatic heterocycles. The van der Waals surface area contributed by atoms with Crippen LogP contribution in [0.4, 0.5) is 0 Å². The smallest absolute Gasteiger partial charge is 0.191 e. The molecule has 2 aromatic carbocycles. The standard InChI is InChI=1S/C17H16ClN3S/c18-12-5-6-15-11(9-12)10-14(21-17-19-7-8-20-17)13-3-1-2-4-16(13)22-15/h1-6,9,14H,7-8,10H2,(H2,19,20,21). The van der Waals surface area contributed by atoms with Crippen LogP contribution in [0.3, 0.4) is 0 Å². The monoisotopic (exact) mass is 329 g/mol. The van der Waals surface area contributed by atoms with E-state index in [-0.39, 0.29) is 6.04 Å². The summed E-state index contributed by atoms with van der Waals surface area (Å²) in [6.07, 6.45) is 0.903. The Labute approximate surface area is 139 Å². The van der Waals surface area contributed by atoms with Crippen molar-refractivity contribution in [2.45, 2.75) is 22.3 Å². The summed E-state index contributed by atoms with van der Waals surface area (Å²) in [5, 5.41) is 7.65. The van der Waals surface area contributed by atoms with Crippen molar-refractivity contribution in [2.75, 3.05) is 13.1 Å². The Hall–Kier alpha value is -1.65. The normalized spacial score (nSPS) is 19.5. The maximum atomic E-state index is 6.19. The fourth-order valence-electron chi connectivity index (χ4n) is 2.91. The molecule has 3 nitrogen and oxygen atoms in total. The molecule has 0 fully saturated rings. The highest BCUT2D eigenvalue weighted by Gasteiger charge is 2.24. The first kappa shape index (κ1) is 14.0. The molecule has 2 heterocycles. The van der Waals surface area contributed by atoms with Gasteiger partial charge >= 0.3 is 0 Å². The summed E-state index contributed by atoms with van der Waals surface area (Å²) < 4.78 is 0. The van der Waals surface area contributed by atoms with Crippen molar-refractivity contribution in [2.24, 2.45) is 4.99 Å². The number of benzene rings is 2.